The molecule has 0 unspecified atom stereocenters. The number of Topliss-reactive ketones (excluding diaryl/α,β-unsaturated/α-hetero) is 4. The van der Waals surface area contributed by atoms with Crippen LogP contribution in [-0.2, 0) is 29.1 Å². The Morgan fingerprint density at radius 2 is 0.859 bits per heavy atom. The number of ketones is 4. The first-order valence-corrected chi connectivity index (χ1v) is 26.3. The molecule has 0 spiro atoms. The highest BCUT2D eigenvalue weighted by Gasteiger charge is 2.50. The Morgan fingerprint density at radius 1 is 0.484 bits per heavy atom. The molecule has 64 heavy (non-hydrogen) atoms. The Bertz CT molecular complexity index is 2810. The van der Waals surface area contributed by atoms with Gasteiger partial charge in [-0.1, -0.05) is 61.1 Å². The zero-order valence-electron chi connectivity index (χ0n) is 36.2. The zero-order chi connectivity index (χ0) is 44.7. The lowest BCUT2D eigenvalue weighted by atomic mass is 9.65. The van der Waals surface area contributed by atoms with Crippen LogP contribution in [0, 0.1) is 23.7 Å². The van der Waals surface area contributed by atoms with Crippen LogP contribution in [-0.4, -0.2) is 103 Å². The molecule has 12 nitrogen and oxygen atoms in total. The first kappa shape index (κ1) is 43.1. The van der Waals surface area contributed by atoms with Crippen LogP contribution in [0.2, 0.25) is 0 Å². The van der Waals surface area contributed by atoms with E-state index in [1.54, 1.807) is 12.1 Å². The van der Waals surface area contributed by atoms with Crippen molar-refractivity contribution in [3.05, 3.63) is 80.9 Å². The Morgan fingerprint density at radius 3 is 1.23 bits per heavy atom. The van der Waals surface area contributed by atoms with Crippen molar-refractivity contribution in [3.63, 3.8) is 0 Å². The van der Waals surface area contributed by atoms with Gasteiger partial charge in [-0.2, -0.15) is 0 Å². The zero-order valence-corrected chi connectivity index (χ0v) is 37.8. The van der Waals surface area contributed by atoms with E-state index in [2.05, 4.69) is 13.8 Å². The van der Waals surface area contributed by atoms with Crippen LogP contribution >= 0.6 is 0 Å². The second kappa shape index (κ2) is 16.6. The van der Waals surface area contributed by atoms with Crippen molar-refractivity contribution in [2.75, 3.05) is 62.7 Å². The minimum absolute atomic E-state index is 0.0906. The molecule has 0 radical (unpaired) electrons. The highest BCUT2D eigenvalue weighted by molar-refractivity contribution is 7.92. The molecule has 14 heteroatoms. The lowest BCUT2D eigenvalue weighted by molar-refractivity contribution is 0.0713. The van der Waals surface area contributed by atoms with E-state index in [0.717, 1.165) is 53.4 Å². The van der Waals surface area contributed by atoms with Crippen LogP contribution < -0.4 is 9.47 Å². The van der Waals surface area contributed by atoms with Gasteiger partial charge in [0.15, 0.2) is 42.8 Å². The number of sulfone groups is 2. The number of carbonyl (C=O) groups is 4. The summed E-state index contributed by atoms with van der Waals surface area (Å²) in [4.78, 5) is 59.2. The van der Waals surface area contributed by atoms with E-state index < -0.39 is 43.3 Å². The summed E-state index contributed by atoms with van der Waals surface area (Å²) in [5.41, 5.74) is 3.74. The molecule has 0 N–H and O–H groups in total. The predicted octanol–water partition coefficient (Wildman–Crippen LogP) is 7.80. The average Bonchev–Trinajstić information content (AvgIpc) is 3.75. The Kier molecular flexibility index (Phi) is 11.2. The summed E-state index contributed by atoms with van der Waals surface area (Å²) in [5.74, 6) is -3.70. The molecule has 0 fully saturated rings. The molecule has 0 saturated carbocycles. The van der Waals surface area contributed by atoms with Gasteiger partial charge in [-0.15, -0.1) is 0 Å². The number of benzene rings is 4. The van der Waals surface area contributed by atoms with Gasteiger partial charge in [0.25, 0.3) is 0 Å². The van der Waals surface area contributed by atoms with Gasteiger partial charge < -0.3 is 18.9 Å². The molecule has 4 aliphatic carbocycles. The second-order valence-electron chi connectivity index (χ2n) is 18.5. The molecule has 0 saturated heterocycles. The van der Waals surface area contributed by atoms with Crippen molar-refractivity contribution in [1.82, 2.24) is 0 Å². The van der Waals surface area contributed by atoms with E-state index in [1.807, 2.05) is 24.3 Å². The van der Waals surface area contributed by atoms with Crippen molar-refractivity contribution in [2.45, 2.75) is 65.2 Å². The topological polar surface area (TPSA) is 173 Å². The number of fused-ring (bicyclic) bond motifs is 9. The smallest absolute Gasteiger partial charge is 0.171 e. The fraction of sp³-hybridized carbons (Fsp3) is 0.480. The predicted molar refractivity (Wildman–Crippen MR) is 243 cm³/mol. The van der Waals surface area contributed by atoms with Crippen molar-refractivity contribution >= 4 is 75.1 Å². The summed E-state index contributed by atoms with van der Waals surface area (Å²) in [6, 6.07) is 11.1. The lowest BCUT2D eigenvalue weighted by Crippen LogP contribution is -2.39. The molecular weight excluding hydrogens is 857 g/mol. The third kappa shape index (κ3) is 7.32. The van der Waals surface area contributed by atoms with E-state index in [9.17, 15) is 36.0 Å². The van der Waals surface area contributed by atoms with Gasteiger partial charge in [0.05, 0.1) is 47.4 Å². The van der Waals surface area contributed by atoms with Gasteiger partial charge in [0.1, 0.15) is 24.7 Å². The standard InChI is InChI=1S/C50H52O12S2/c1-3-5-11-59-13-15-61-49-32-9-7-27-8-10-33-35(42(27)34(32)21-40-43(49)47(53)38-19-30-25-63(55,56)23-28(30)17-36(38)45(40)51)22-41-44(50(33)62-16-14-60-12-6-4-2)48(54)39-20-31-26-64(57,58)24-29(31)18-37(39)46(41)52/h7-10,21-22,36-39H,3-6,11-20,23-26H2,1-2H3/t36-,37+,38-,39-/m0/s1. The van der Waals surface area contributed by atoms with Crippen LogP contribution in [0.15, 0.2) is 58.7 Å². The summed E-state index contributed by atoms with van der Waals surface area (Å²) >= 11 is 0. The van der Waals surface area contributed by atoms with Gasteiger partial charge in [0, 0.05) is 58.8 Å². The number of rotatable bonds is 14. The SMILES string of the molecule is CCCCOCCOc1c2c(cc3c1ccc1ccc4c(OCCOCCCC)c5c(cc4c13)C(=O)[C@@H]1CC3=C(C[C@@H]1C5=O)CS(=O)(=O)C3)C(=O)[C@H]1CC3=C(C[C@@H]1C2=O)CS(=O)(=O)C3. The molecule has 4 aromatic rings. The molecule has 4 aromatic carbocycles. The summed E-state index contributed by atoms with van der Waals surface area (Å²) in [7, 11) is -6.70. The summed E-state index contributed by atoms with van der Waals surface area (Å²) < 4.78 is 75.6. The van der Waals surface area contributed by atoms with Gasteiger partial charge >= 0.3 is 0 Å². The molecule has 2 heterocycles. The molecule has 0 amide bonds. The maximum Gasteiger partial charge on any atom is 0.171 e. The van der Waals surface area contributed by atoms with E-state index in [-0.39, 0.29) is 132 Å². The normalized spacial score (nSPS) is 24.2. The summed E-state index contributed by atoms with van der Waals surface area (Å²) in [6.45, 7) is 5.96. The number of unbranched alkanes of at least 4 members (excludes halogenated alkanes) is 2. The fourth-order valence-corrected chi connectivity index (χ4v) is 14.9. The maximum absolute atomic E-state index is 14.8. The fourth-order valence-electron chi connectivity index (χ4n) is 11.3. The molecule has 0 bridgehead atoms. The molecule has 10 rings (SSSR count). The van der Waals surface area contributed by atoms with E-state index in [1.165, 1.54) is 0 Å². The number of hydrogen-bond donors (Lipinski definition) is 0. The molecule has 0 aromatic heterocycles. The van der Waals surface area contributed by atoms with Crippen LogP contribution in [0.1, 0.15) is 107 Å². The van der Waals surface area contributed by atoms with Gasteiger partial charge in [-0.05, 0) is 84.3 Å². The number of ether oxygens (including phenoxy) is 4. The minimum atomic E-state index is -3.35. The Hall–Kier alpha value is -4.76. The average molecular weight is 909 g/mol. The lowest BCUT2D eigenvalue weighted by Gasteiger charge is -2.36. The monoisotopic (exact) mass is 908 g/mol. The van der Waals surface area contributed by atoms with Crippen molar-refractivity contribution in [1.29, 1.82) is 0 Å². The van der Waals surface area contributed by atoms with E-state index in [4.69, 9.17) is 18.9 Å². The van der Waals surface area contributed by atoms with Crippen LogP contribution in [0.25, 0.3) is 32.3 Å². The highest BCUT2D eigenvalue weighted by Crippen LogP contribution is 2.52. The molecule has 336 valence electrons. The summed E-state index contributed by atoms with van der Waals surface area (Å²) in [5, 5.41) is 3.80. The van der Waals surface area contributed by atoms with Crippen LogP contribution in [0.5, 0.6) is 11.5 Å². The van der Waals surface area contributed by atoms with Crippen molar-refractivity contribution in [3.8, 4) is 11.5 Å². The second-order valence-corrected chi connectivity index (χ2v) is 22.6. The third-order valence-corrected chi connectivity index (χ3v) is 17.5. The van der Waals surface area contributed by atoms with Gasteiger partial charge in [-0.3, -0.25) is 19.2 Å². The highest BCUT2D eigenvalue weighted by atomic mass is 32.2. The van der Waals surface area contributed by atoms with Crippen LogP contribution in [0.3, 0.4) is 0 Å². The van der Waals surface area contributed by atoms with E-state index in [0.29, 0.717) is 40.1 Å². The number of hydrogen-bond acceptors (Lipinski definition) is 12. The first-order chi connectivity index (χ1) is 30.8. The largest absolute Gasteiger partial charge is 0.490 e. The molecule has 2 aliphatic heterocycles. The number of carbonyl (C=O) groups excluding carboxylic acids is 4. The van der Waals surface area contributed by atoms with Crippen molar-refractivity contribution < 1.29 is 55.0 Å². The first-order valence-electron chi connectivity index (χ1n) is 22.7. The molecule has 4 atom stereocenters. The Balaban J connectivity index is 1.15. The minimum Gasteiger partial charge on any atom is -0.490 e. The summed E-state index contributed by atoms with van der Waals surface area (Å²) in [6.07, 6.45) is 4.52. The molecule has 6 aliphatic rings. The Labute approximate surface area is 372 Å². The molecular formula is C50H52O12S2. The third-order valence-electron chi connectivity index (χ3n) is 14.3. The van der Waals surface area contributed by atoms with Gasteiger partial charge in [-0.25, -0.2) is 16.8 Å². The van der Waals surface area contributed by atoms with E-state index >= 15 is 0 Å². The van der Waals surface area contributed by atoms with Gasteiger partial charge in [0.2, 0.25) is 0 Å². The van der Waals surface area contributed by atoms with Crippen LogP contribution in [0.4, 0.5) is 0 Å². The van der Waals surface area contributed by atoms with Crippen molar-refractivity contribution in [2.24, 2.45) is 23.7 Å². The maximum atomic E-state index is 14.8. The quantitative estimate of drug-likeness (QED) is 0.0684.